The fourth-order valence-corrected chi connectivity index (χ4v) is 2.79. The average Bonchev–Trinajstić information content (AvgIpc) is 3.24. The number of hydrogen-bond donors (Lipinski definition) is 0. The number of nitro benzene ring substituents is 1. The number of carbonyl (C=O) groups is 2. The van der Waals surface area contributed by atoms with Crippen molar-refractivity contribution >= 4 is 29.9 Å². The summed E-state index contributed by atoms with van der Waals surface area (Å²) in [6.45, 7) is -0.215. The quantitative estimate of drug-likeness (QED) is 0.170. The van der Waals surface area contributed by atoms with Crippen LogP contribution in [0.25, 0.3) is 12.2 Å². The smallest absolute Gasteiger partial charge is 0.284 e. The highest BCUT2D eigenvalue weighted by Gasteiger charge is 2.28. The lowest BCUT2D eigenvalue weighted by atomic mass is 9.97. The number of furan rings is 1. The Morgan fingerprint density at radius 1 is 1.07 bits per heavy atom. The minimum absolute atomic E-state index is 0.0123. The second kappa shape index (κ2) is 9.44. The van der Waals surface area contributed by atoms with Gasteiger partial charge in [-0.3, -0.25) is 19.7 Å². The summed E-state index contributed by atoms with van der Waals surface area (Å²) in [6, 6.07) is 14.0. The van der Waals surface area contributed by atoms with Crippen molar-refractivity contribution in [1.82, 2.24) is 0 Å². The molecule has 0 saturated heterocycles. The van der Waals surface area contributed by atoms with Gasteiger partial charge in [-0.15, -0.1) is 0 Å². The fourth-order valence-electron chi connectivity index (χ4n) is 2.79. The van der Waals surface area contributed by atoms with Crippen LogP contribution in [0.1, 0.15) is 37.8 Å². The van der Waals surface area contributed by atoms with E-state index in [4.69, 9.17) is 13.9 Å². The third kappa shape index (κ3) is 4.50. The molecule has 0 unspecified atom stereocenters. The van der Waals surface area contributed by atoms with E-state index in [9.17, 15) is 19.7 Å². The first kappa shape index (κ1) is 20.7. The first-order valence-electron chi connectivity index (χ1n) is 8.81. The molecule has 8 heteroatoms. The van der Waals surface area contributed by atoms with Crippen molar-refractivity contribution in [3.05, 3.63) is 92.9 Å². The van der Waals surface area contributed by atoms with Crippen molar-refractivity contribution in [3.8, 4) is 5.75 Å². The summed E-state index contributed by atoms with van der Waals surface area (Å²) in [5.74, 6) is 0.0152. The summed E-state index contributed by atoms with van der Waals surface area (Å²) in [6.07, 6.45) is 3.71. The fraction of sp³-hybridized carbons (Fsp3) is 0.0909. The Kier molecular flexibility index (Phi) is 6.51. The molecule has 3 aromatic rings. The highest BCUT2D eigenvalue weighted by molar-refractivity contribution is 6.14. The zero-order chi connectivity index (χ0) is 21.5. The minimum Gasteiger partial charge on any atom is -0.466 e. The highest BCUT2D eigenvalue weighted by Crippen LogP contribution is 2.35. The normalized spacial score (nSPS) is 10.8. The van der Waals surface area contributed by atoms with E-state index < -0.39 is 10.7 Å². The molecule has 8 nitrogen and oxygen atoms in total. The summed E-state index contributed by atoms with van der Waals surface area (Å²) in [4.78, 5) is 34.9. The van der Waals surface area contributed by atoms with E-state index in [1.807, 2.05) is 0 Å². The summed E-state index contributed by atoms with van der Waals surface area (Å²) in [5, 5.41) is 11.6. The van der Waals surface area contributed by atoms with Gasteiger partial charge in [-0.2, -0.15) is 0 Å². The summed E-state index contributed by atoms with van der Waals surface area (Å²) in [5.41, 5.74) is 0.124. The molecule has 0 amide bonds. The van der Waals surface area contributed by atoms with Gasteiger partial charge in [0, 0.05) is 24.3 Å². The van der Waals surface area contributed by atoms with Gasteiger partial charge in [0.25, 0.3) is 5.69 Å². The van der Waals surface area contributed by atoms with Crippen molar-refractivity contribution in [3.63, 3.8) is 0 Å². The van der Waals surface area contributed by atoms with E-state index in [-0.39, 0.29) is 35.1 Å². The first-order chi connectivity index (χ1) is 14.5. The van der Waals surface area contributed by atoms with Gasteiger partial charge in [-0.25, -0.2) is 0 Å². The molecule has 0 aliphatic rings. The van der Waals surface area contributed by atoms with Gasteiger partial charge in [-0.05, 0) is 30.4 Å². The zero-order valence-electron chi connectivity index (χ0n) is 15.9. The third-order valence-electron chi connectivity index (χ3n) is 4.14. The van der Waals surface area contributed by atoms with Crippen LogP contribution in [0, 0.1) is 10.1 Å². The molecule has 0 aliphatic heterocycles. The van der Waals surface area contributed by atoms with Crippen molar-refractivity contribution in [2.45, 2.75) is 0 Å². The van der Waals surface area contributed by atoms with Gasteiger partial charge in [0.2, 0.25) is 5.78 Å². The molecule has 152 valence electrons. The number of aldehydes is 1. The van der Waals surface area contributed by atoms with Gasteiger partial charge in [0.05, 0.1) is 4.92 Å². The van der Waals surface area contributed by atoms with Crippen LogP contribution < -0.4 is 4.74 Å². The topological polar surface area (TPSA) is 109 Å². The van der Waals surface area contributed by atoms with Crippen molar-refractivity contribution in [2.75, 3.05) is 13.9 Å². The van der Waals surface area contributed by atoms with Crippen LogP contribution in [0.15, 0.2) is 59.0 Å². The minimum atomic E-state index is -0.633. The van der Waals surface area contributed by atoms with E-state index in [2.05, 4.69) is 0 Å². The van der Waals surface area contributed by atoms with Crippen LogP contribution in [-0.2, 0) is 4.74 Å². The van der Waals surface area contributed by atoms with Gasteiger partial charge in [0.15, 0.2) is 18.8 Å². The maximum Gasteiger partial charge on any atom is 0.284 e. The second-order valence-corrected chi connectivity index (χ2v) is 6.07. The Labute approximate surface area is 171 Å². The molecule has 0 fully saturated rings. The largest absolute Gasteiger partial charge is 0.466 e. The summed E-state index contributed by atoms with van der Waals surface area (Å²) in [7, 11) is 1.40. The summed E-state index contributed by atoms with van der Waals surface area (Å²) < 4.78 is 15.8. The molecule has 2 aromatic carbocycles. The lowest BCUT2D eigenvalue weighted by molar-refractivity contribution is -0.385. The Morgan fingerprint density at radius 3 is 2.43 bits per heavy atom. The van der Waals surface area contributed by atoms with Gasteiger partial charge in [-0.1, -0.05) is 30.3 Å². The van der Waals surface area contributed by atoms with Crippen molar-refractivity contribution < 1.29 is 28.4 Å². The number of rotatable bonds is 9. The van der Waals surface area contributed by atoms with Crippen LogP contribution in [0.4, 0.5) is 5.69 Å². The van der Waals surface area contributed by atoms with Crippen LogP contribution in [0.3, 0.4) is 0 Å². The summed E-state index contributed by atoms with van der Waals surface area (Å²) >= 11 is 0. The molecule has 3 rings (SSSR count). The van der Waals surface area contributed by atoms with E-state index in [0.29, 0.717) is 17.6 Å². The monoisotopic (exact) mass is 407 g/mol. The van der Waals surface area contributed by atoms with Gasteiger partial charge < -0.3 is 13.9 Å². The highest BCUT2D eigenvalue weighted by atomic mass is 16.7. The number of hydrogen-bond acceptors (Lipinski definition) is 7. The molecular weight excluding hydrogens is 390 g/mol. The average molecular weight is 407 g/mol. The Hall–Kier alpha value is -4.04. The molecule has 0 N–H and O–H groups in total. The van der Waals surface area contributed by atoms with E-state index in [1.165, 1.54) is 25.3 Å². The maximum atomic E-state index is 13.1. The predicted octanol–water partition coefficient (Wildman–Crippen LogP) is 4.38. The number of benzene rings is 2. The van der Waals surface area contributed by atoms with Crippen LogP contribution in [-0.4, -0.2) is 30.9 Å². The van der Waals surface area contributed by atoms with Gasteiger partial charge in [0.1, 0.15) is 17.1 Å². The number of nitrogens with zero attached hydrogens (tertiary/aromatic N) is 1. The molecule has 1 heterocycles. The predicted molar refractivity (Wildman–Crippen MR) is 108 cm³/mol. The van der Waals surface area contributed by atoms with Crippen molar-refractivity contribution in [1.29, 1.82) is 0 Å². The molecule has 0 radical (unpaired) electrons. The molecule has 1 aromatic heterocycles. The SMILES string of the molecule is COCOc1c(/C=C/c2ccc(C=O)o2)ccc([N+](=O)[O-])c1C(=O)c1ccccc1. The van der Waals surface area contributed by atoms with Crippen LogP contribution in [0.5, 0.6) is 5.75 Å². The number of carbonyl (C=O) groups excluding carboxylic acids is 2. The Morgan fingerprint density at radius 2 is 1.80 bits per heavy atom. The number of nitro groups is 1. The second-order valence-electron chi connectivity index (χ2n) is 6.07. The lowest BCUT2D eigenvalue weighted by Gasteiger charge is -2.13. The molecule has 0 saturated carbocycles. The molecule has 0 spiro atoms. The maximum absolute atomic E-state index is 13.1. The van der Waals surface area contributed by atoms with Gasteiger partial charge >= 0.3 is 0 Å². The Balaban J connectivity index is 2.13. The standard InChI is InChI=1S/C22H17NO7/c1-28-14-29-22-16(7-9-17-10-11-18(13-24)30-17)8-12-19(23(26)27)20(22)21(25)15-5-3-2-4-6-15/h2-13H,14H2,1H3/b9-7+. The number of ketones is 1. The molecular formula is C22H17NO7. The third-order valence-corrected chi connectivity index (χ3v) is 4.14. The lowest BCUT2D eigenvalue weighted by Crippen LogP contribution is -2.11. The van der Waals surface area contributed by atoms with E-state index in [1.54, 1.807) is 48.6 Å². The molecule has 0 bridgehead atoms. The zero-order valence-corrected chi connectivity index (χ0v) is 15.9. The number of methoxy groups -OCH3 is 1. The van der Waals surface area contributed by atoms with Crippen LogP contribution in [0.2, 0.25) is 0 Å². The molecule has 0 atom stereocenters. The number of ether oxygens (including phenoxy) is 2. The first-order valence-corrected chi connectivity index (χ1v) is 8.81. The van der Waals surface area contributed by atoms with Crippen LogP contribution >= 0.6 is 0 Å². The molecule has 0 aliphatic carbocycles. The molecule has 30 heavy (non-hydrogen) atoms. The van der Waals surface area contributed by atoms with Crippen molar-refractivity contribution in [2.24, 2.45) is 0 Å². The van der Waals surface area contributed by atoms with E-state index >= 15 is 0 Å². The van der Waals surface area contributed by atoms with E-state index in [0.717, 1.165) is 0 Å². The Bertz CT molecular complexity index is 1100.